The molecule has 1 saturated heterocycles. The number of carbonyl (C=O) groups is 1. The number of anilines is 1. The monoisotopic (exact) mass is 404 g/mol. The summed E-state index contributed by atoms with van der Waals surface area (Å²) in [5, 5.41) is 0. The largest absolute Gasteiger partial charge is 0.481 e. The molecule has 0 radical (unpaired) electrons. The number of benzene rings is 1. The van der Waals surface area contributed by atoms with E-state index in [1.165, 1.54) is 12.8 Å². The molecule has 8 nitrogen and oxygen atoms in total. The summed E-state index contributed by atoms with van der Waals surface area (Å²) in [5.41, 5.74) is 1.95. The number of para-hydroxylation sites is 2. The van der Waals surface area contributed by atoms with Crippen molar-refractivity contribution in [3.63, 3.8) is 0 Å². The van der Waals surface area contributed by atoms with Crippen molar-refractivity contribution in [2.75, 3.05) is 25.1 Å². The highest BCUT2D eigenvalue weighted by molar-refractivity contribution is 5.93. The van der Waals surface area contributed by atoms with Gasteiger partial charge in [0.15, 0.2) is 0 Å². The number of methoxy groups -OCH3 is 1. The summed E-state index contributed by atoms with van der Waals surface area (Å²) in [6.45, 7) is 1.40. The van der Waals surface area contributed by atoms with Gasteiger partial charge in [-0.1, -0.05) is 12.1 Å². The Balaban J connectivity index is 1.29. The van der Waals surface area contributed by atoms with E-state index in [1.54, 1.807) is 19.6 Å². The highest BCUT2D eigenvalue weighted by Crippen LogP contribution is 2.36. The van der Waals surface area contributed by atoms with Crippen LogP contribution in [0.1, 0.15) is 36.2 Å². The van der Waals surface area contributed by atoms with Gasteiger partial charge in [-0.15, -0.1) is 0 Å². The van der Waals surface area contributed by atoms with Crippen LogP contribution in [0.15, 0.2) is 42.9 Å². The van der Waals surface area contributed by atoms with Gasteiger partial charge in [0, 0.05) is 31.2 Å². The molecule has 2 fully saturated rings. The summed E-state index contributed by atoms with van der Waals surface area (Å²) in [6, 6.07) is 10.4. The predicted octanol–water partition coefficient (Wildman–Crippen LogP) is 2.70. The zero-order valence-electron chi connectivity index (χ0n) is 16.9. The highest BCUT2D eigenvalue weighted by atomic mass is 16.5. The first-order valence-electron chi connectivity index (χ1n) is 10.4. The third kappa shape index (κ3) is 3.65. The fourth-order valence-electron chi connectivity index (χ4n) is 4.18. The van der Waals surface area contributed by atoms with Gasteiger partial charge in [0.1, 0.15) is 17.8 Å². The van der Waals surface area contributed by atoms with Crippen LogP contribution >= 0.6 is 0 Å². The third-order valence-electron chi connectivity index (χ3n) is 5.85. The van der Waals surface area contributed by atoms with E-state index in [0.29, 0.717) is 36.7 Å². The standard InChI is InChI=1S/C22H24N6O2/c1-30-21-12-20(24-14-25-21)28(15-6-7-15)16-8-10-27(11-9-16)22(29)19-13-23-17-4-2-3-5-18(17)26-19/h2-5,12-16H,6-11H2,1H3. The van der Waals surface area contributed by atoms with Crippen LogP contribution in [0.2, 0.25) is 0 Å². The summed E-state index contributed by atoms with van der Waals surface area (Å²) in [6.07, 6.45) is 7.29. The van der Waals surface area contributed by atoms with Crippen molar-refractivity contribution in [1.29, 1.82) is 0 Å². The number of hydrogen-bond donors (Lipinski definition) is 0. The number of fused-ring (bicyclic) bond motifs is 1. The number of piperidine rings is 1. The van der Waals surface area contributed by atoms with E-state index >= 15 is 0 Å². The smallest absolute Gasteiger partial charge is 0.274 e. The molecule has 2 aromatic heterocycles. The molecule has 1 amide bonds. The van der Waals surface area contributed by atoms with E-state index in [-0.39, 0.29) is 5.91 Å². The number of hydrogen-bond acceptors (Lipinski definition) is 7. The molecule has 1 saturated carbocycles. The SMILES string of the molecule is COc1cc(N(C2CC2)C2CCN(C(=O)c3cnc4ccccc4n3)CC2)ncn1. The molecule has 8 heteroatoms. The molecule has 1 aliphatic heterocycles. The van der Waals surface area contributed by atoms with Crippen molar-refractivity contribution in [2.24, 2.45) is 0 Å². The molecule has 154 valence electrons. The number of nitrogens with zero attached hydrogens (tertiary/aromatic N) is 6. The predicted molar refractivity (Wildman–Crippen MR) is 113 cm³/mol. The topological polar surface area (TPSA) is 84.3 Å². The molecule has 1 aliphatic carbocycles. The van der Waals surface area contributed by atoms with Crippen molar-refractivity contribution < 1.29 is 9.53 Å². The highest BCUT2D eigenvalue weighted by Gasteiger charge is 2.37. The van der Waals surface area contributed by atoms with Gasteiger partial charge in [0.05, 0.1) is 24.3 Å². The zero-order chi connectivity index (χ0) is 20.5. The van der Waals surface area contributed by atoms with Gasteiger partial charge in [-0.2, -0.15) is 0 Å². The minimum Gasteiger partial charge on any atom is -0.481 e. The molecule has 0 atom stereocenters. The molecule has 0 bridgehead atoms. The maximum atomic E-state index is 13.0. The van der Waals surface area contributed by atoms with Crippen LogP contribution in [0.25, 0.3) is 11.0 Å². The number of carbonyl (C=O) groups excluding carboxylic acids is 1. The van der Waals surface area contributed by atoms with Crippen molar-refractivity contribution >= 4 is 22.8 Å². The van der Waals surface area contributed by atoms with Gasteiger partial charge < -0.3 is 14.5 Å². The second kappa shape index (κ2) is 7.85. The van der Waals surface area contributed by atoms with Gasteiger partial charge in [0.25, 0.3) is 5.91 Å². The number of likely N-dealkylation sites (tertiary alicyclic amines) is 1. The summed E-state index contributed by atoms with van der Waals surface area (Å²) in [5.74, 6) is 1.44. The van der Waals surface area contributed by atoms with Crippen molar-refractivity contribution in [3.05, 3.63) is 48.5 Å². The summed E-state index contributed by atoms with van der Waals surface area (Å²) in [4.78, 5) is 34.8. The van der Waals surface area contributed by atoms with Crippen molar-refractivity contribution in [1.82, 2.24) is 24.8 Å². The number of amides is 1. The summed E-state index contributed by atoms with van der Waals surface area (Å²) in [7, 11) is 1.62. The lowest BCUT2D eigenvalue weighted by Crippen LogP contribution is -2.48. The molecule has 2 aliphatic rings. The fourth-order valence-corrected chi connectivity index (χ4v) is 4.18. The summed E-state index contributed by atoms with van der Waals surface area (Å²) >= 11 is 0. The van der Waals surface area contributed by atoms with Crippen LogP contribution < -0.4 is 9.64 Å². The van der Waals surface area contributed by atoms with E-state index in [4.69, 9.17) is 4.74 Å². The zero-order valence-corrected chi connectivity index (χ0v) is 16.9. The van der Waals surface area contributed by atoms with Gasteiger partial charge in [0.2, 0.25) is 5.88 Å². The Morgan fingerprint density at radius 2 is 1.77 bits per heavy atom. The van der Waals surface area contributed by atoms with Gasteiger partial charge >= 0.3 is 0 Å². The Labute approximate surface area is 174 Å². The van der Waals surface area contributed by atoms with Crippen molar-refractivity contribution in [3.8, 4) is 5.88 Å². The Morgan fingerprint density at radius 1 is 1.03 bits per heavy atom. The molecule has 0 N–H and O–H groups in total. The van der Waals surface area contributed by atoms with Crippen molar-refractivity contribution in [2.45, 2.75) is 37.8 Å². The first-order chi connectivity index (χ1) is 14.7. The second-order valence-corrected chi connectivity index (χ2v) is 7.82. The molecule has 0 spiro atoms. The van der Waals surface area contributed by atoms with Crippen LogP contribution in [-0.4, -0.2) is 63.0 Å². The Hall–Kier alpha value is -3.29. The van der Waals surface area contributed by atoms with Crippen LogP contribution in [0, 0.1) is 0 Å². The number of aromatic nitrogens is 4. The van der Waals surface area contributed by atoms with Gasteiger partial charge in [-0.25, -0.2) is 15.0 Å². The molecule has 3 heterocycles. The van der Waals surface area contributed by atoms with E-state index < -0.39 is 0 Å². The Kier molecular flexibility index (Phi) is 4.90. The Bertz CT molecular complexity index is 1060. The average molecular weight is 404 g/mol. The average Bonchev–Trinajstić information content (AvgIpc) is 3.64. The molecule has 0 unspecified atom stereocenters. The maximum Gasteiger partial charge on any atom is 0.274 e. The van der Waals surface area contributed by atoms with E-state index in [0.717, 1.165) is 29.7 Å². The first kappa shape index (κ1) is 18.7. The third-order valence-corrected chi connectivity index (χ3v) is 5.85. The molecule has 5 rings (SSSR count). The van der Waals surface area contributed by atoms with Crippen LogP contribution in [0.3, 0.4) is 0 Å². The maximum absolute atomic E-state index is 13.0. The quantitative estimate of drug-likeness (QED) is 0.646. The molecular weight excluding hydrogens is 380 g/mol. The normalized spacial score (nSPS) is 17.2. The van der Waals surface area contributed by atoms with Gasteiger partial charge in [-0.3, -0.25) is 9.78 Å². The lowest BCUT2D eigenvalue weighted by atomic mass is 10.0. The molecule has 3 aromatic rings. The molecule has 30 heavy (non-hydrogen) atoms. The van der Waals surface area contributed by atoms with Gasteiger partial charge in [-0.05, 0) is 37.8 Å². The second-order valence-electron chi connectivity index (χ2n) is 7.82. The minimum atomic E-state index is -0.0478. The number of ether oxygens (including phenoxy) is 1. The van der Waals surface area contributed by atoms with E-state index in [2.05, 4.69) is 24.8 Å². The first-order valence-corrected chi connectivity index (χ1v) is 10.4. The molecular formula is C22H24N6O2. The van der Waals surface area contributed by atoms with Crippen LogP contribution in [0.4, 0.5) is 5.82 Å². The van der Waals surface area contributed by atoms with Crippen LogP contribution in [0.5, 0.6) is 5.88 Å². The number of rotatable bonds is 5. The summed E-state index contributed by atoms with van der Waals surface area (Å²) < 4.78 is 5.28. The lowest BCUT2D eigenvalue weighted by molar-refractivity contribution is 0.0706. The molecule has 1 aromatic carbocycles. The van der Waals surface area contributed by atoms with E-state index in [9.17, 15) is 4.79 Å². The van der Waals surface area contributed by atoms with E-state index in [1.807, 2.05) is 35.2 Å². The fraction of sp³-hybridized carbons (Fsp3) is 0.409. The Morgan fingerprint density at radius 3 is 2.50 bits per heavy atom. The lowest BCUT2D eigenvalue weighted by Gasteiger charge is -2.39. The minimum absolute atomic E-state index is 0.0478. The van der Waals surface area contributed by atoms with Crippen LogP contribution in [-0.2, 0) is 0 Å².